The van der Waals surface area contributed by atoms with Crippen LogP contribution in [-0.2, 0) is 4.79 Å². The van der Waals surface area contributed by atoms with Gasteiger partial charge in [0.1, 0.15) is 11.4 Å². The average molecular weight is 341 g/mol. The number of para-hydroxylation sites is 2. The Bertz CT molecular complexity index is 807. The normalized spacial score (nSPS) is 13.2. The van der Waals surface area contributed by atoms with Crippen LogP contribution in [-0.4, -0.2) is 30.5 Å². The lowest BCUT2D eigenvalue weighted by Crippen LogP contribution is -2.39. The molecule has 0 saturated carbocycles. The standard InChI is InChI=1S/C18H19N3O4/c1-13-7-8-14(16(11-13)21(23)24)19-9-4-10-20-15-5-2-3-6-17(15)25-12-18(20)22/h2-3,5-8,11,19H,4,9-10,12H2,1H3. The van der Waals surface area contributed by atoms with Crippen molar-refractivity contribution in [3.8, 4) is 5.75 Å². The van der Waals surface area contributed by atoms with Crippen molar-refractivity contribution >= 4 is 23.0 Å². The first-order chi connectivity index (χ1) is 12.1. The molecule has 3 rings (SSSR count). The van der Waals surface area contributed by atoms with Crippen molar-refractivity contribution in [3.63, 3.8) is 0 Å². The molecule has 0 atom stereocenters. The van der Waals surface area contributed by atoms with Crippen LogP contribution in [0.5, 0.6) is 5.75 Å². The number of nitro benzene ring substituents is 1. The Morgan fingerprint density at radius 3 is 2.88 bits per heavy atom. The summed E-state index contributed by atoms with van der Waals surface area (Å²) in [6.45, 7) is 2.90. The topological polar surface area (TPSA) is 84.7 Å². The maximum absolute atomic E-state index is 12.1. The van der Waals surface area contributed by atoms with Gasteiger partial charge in [0.15, 0.2) is 6.61 Å². The predicted octanol–water partition coefficient (Wildman–Crippen LogP) is 3.13. The Morgan fingerprint density at radius 2 is 2.08 bits per heavy atom. The second-order valence-electron chi connectivity index (χ2n) is 5.86. The van der Waals surface area contributed by atoms with Gasteiger partial charge in [0.25, 0.3) is 11.6 Å². The smallest absolute Gasteiger partial charge is 0.292 e. The molecule has 2 aromatic rings. The molecule has 0 radical (unpaired) electrons. The summed E-state index contributed by atoms with van der Waals surface area (Å²) in [4.78, 5) is 24.5. The fraction of sp³-hybridized carbons (Fsp3) is 0.278. The lowest BCUT2D eigenvalue weighted by atomic mass is 10.2. The van der Waals surface area contributed by atoms with Crippen LogP contribution in [0.25, 0.3) is 0 Å². The van der Waals surface area contributed by atoms with Crippen LogP contribution >= 0.6 is 0 Å². The lowest BCUT2D eigenvalue weighted by Gasteiger charge is -2.29. The van der Waals surface area contributed by atoms with E-state index in [0.717, 1.165) is 11.3 Å². The van der Waals surface area contributed by atoms with Gasteiger partial charge in [0, 0.05) is 19.2 Å². The van der Waals surface area contributed by atoms with Crippen molar-refractivity contribution in [2.75, 3.05) is 29.9 Å². The highest BCUT2D eigenvalue weighted by Gasteiger charge is 2.24. The number of nitrogens with one attached hydrogen (secondary N) is 1. The highest BCUT2D eigenvalue weighted by molar-refractivity contribution is 5.97. The highest BCUT2D eigenvalue weighted by Crippen LogP contribution is 2.31. The molecule has 1 amide bonds. The SMILES string of the molecule is Cc1ccc(NCCCN2C(=O)COc3ccccc32)c([N+](=O)[O-])c1. The predicted molar refractivity (Wildman–Crippen MR) is 95.2 cm³/mol. The van der Waals surface area contributed by atoms with Crippen LogP contribution < -0.4 is 15.0 Å². The van der Waals surface area contributed by atoms with Crippen LogP contribution in [0.15, 0.2) is 42.5 Å². The van der Waals surface area contributed by atoms with Crippen LogP contribution in [0.1, 0.15) is 12.0 Å². The fourth-order valence-electron chi connectivity index (χ4n) is 2.80. The lowest BCUT2D eigenvalue weighted by molar-refractivity contribution is -0.384. The largest absolute Gasteiger partial charge is 0.482 e. The number of nitro groups is 1. The van der Waals surface area contributed by atoms with E-state index in [2.05, 4.69) is 5.32 Å². The number of carbonyl (C=O) groups is 1. The summed E-state index contributed by atoms with van der Waals surface area (Å²) in [5.41, 5.74) is 2.16. The molecular weight excluding hydrogens is 322 g/mol. The van der Waals surface area contributed by atoms with Gasteiger partial charge in [-0.05, 0) is 37.1 Å². The zero-order valence-electron chi connectivity index (χ0n) is 13.9. The summed E-state index contributed by atoms with van der Waals surface area (Å²) in [5.74, 6) is 0.615. The molecular formula is C18H19N3O4. The molecule has 0 aliphatic carbocycles. The van der Waals surface area contributed by atoms with E-state index in [1.165, 1.54) is 0 Å². The van der Waals surface area contributed by atoms with Crippen molar-refractivity contribution in [1.82, 2.24) is 0 Å². The van der Waals surface area contributed by atoms with Crippen molar-refractivity contribution < 1.29 is 14.5 Å². The molecule has 1 aliphatic rings. The highest BCUT2D eigenvalue weighted by atomic mass is 16.6. The van der Waals surface area contributed by atoms with Crippen molar-refractivity contribution in [3.05, 3.63) is 58.1 Å². The molecule has 0 bridgehead atoms. The maximum Gasteiger partial charge on any atom is 0.292 e. The van der Waals surface area contributed by atoms with E-state index in [-0.39, 0.29) is 18.2 Å². The molecule has 0 spiro atoms. The molecule has 1 N–H and O–H groups in total. The Kier molecular flexibility index (Phi) is 4.83. The first-order valence-corrected chi connectivity index (χ1v) is 8.07. The van der Waals surface area contributed by atoms with Gasteiger partial charge in [-0.3, -0.25) is 14.9 Å². The molecule has 7 nitrogen and oxygen atoms in total. The summed E-state index contributed by atoms with van der Waals surface area (Å²) >= 11 is 0. The number of carbonyl (C=O) groups excluding carboxylic acids is 1. The summed E-state index contributed by atoms with van der Waals surface area (Å²) in [6, 6.07) is 12.5. The van der Waals surface area contributed by atoms with Crippen LogP contribution in [0.3, 0.4) is 0 Å². The summed E-state index contributed by atoms with van der Waals surface area (Å²) in [5, 5.41) is 14.2. The number of hydrogen-bond donors (Lipinski definition) is 1. The first kappa shape index (κ1) is 16.8. The van der Waals surface area contributed by atoms with Crippen molar-refractivity contribution in [2.24, 2.45) is 0 Å². The van der Waals surface area contributed by atoms with Gasteiger partial charge in [-0.25, -0.2) is 0 Å². The van der Waals surface area contributed by atoms with Crippen LogP contribution in [0.2, 0.25) is 0 Å². The van der Waals surface area contributed by atoms with E-state index in [9.17, 15) is 14.9 Å². The second kappa shape index (κ2) is 7.21. The van der Waals surface area contributed by atoms with Gasteiger partial charge >= 0.3 is 0 Å². The molecule has 0 aromatic heterocycles. The zero-order chi connectivity index (χ0) is 17.8. The van der Waals surface area contributed by atoms with E-state index in [1.54, 1.807) is 17.0 Å². The van der Waals surface area contributed by atoms with Gasteiger partial charge in [0.05, 0.1) is 10.6 Å². The minimum absolute atomic E-state index is 0.0356. The average Bonchev–Trinajstić information content (AvgIpc) is 2.61. The van der Waals surface area contributed by atoms with Crippen molar-refractivity contribution in [1.29, 1.82) is 0 Å². The third-order valence-electron chi connectivity index (χ3n) is 4.03. The number of amides is 1. The number of ether oxygens (including phenoxy) is 1. The molecule has 25 heavy (non-hydrogen) atoms. The number of aryl methyl sites for hydroxylation is 1. The van der Waals surface area contributed by atoms with Crippen LogP contribution in [0.4, 0.5) is 17.1 Å². The van der Waals surface area contributed by atoms with Crippen molar-refractivity contribution in [2.45, 2.75) is 13.3 Å². The Balaban J connectivity index is 1.61. The number of fused-ring (bicyclic) bond motifs is 1. The molecule has 0 unspecified atom stereocenters. The van der Waals surface area contributed by atoms with E-state index in [1.807, 2.05) is 37.3 Å². The number of nitrogens with zero attached hydrogens (tertiary/aromatic N) is 2. The Hall–Kier alpha value is -3.09. The molecule has 1 heterocycles. The summed E-state index contributed by atoms with van der Waals surface area (Å²) in [7, 11) is 0. The Labute approximate surface area is 145 Å². The van der Waals surface area contributed by atoms with E-state index in [0.29, 0.717) is 30.9 Å². The molecule has 0 saturated heterocycles. The maximum atomic E-state index is 12.1. The molecule has 7 heteroatoms. The Morgan fingerprint density at radius 1 is 1.28 bits per heavy atom. The number of anilines is 2. The second-order valence-corrected chi connectivity index (χ2v) is 5.86. The third-order valence-corrected chi connectivity index (χ3v) is 4.03. The minimum atomic E-state index is -0.392. The number of benzene rings is 2. The monoisotopic (exact) mass is 341 g/mol. The third kappa shape index (κ3) is 3.71. The fourth-order valence-corrected chi connectivity index (χ4v) is 2.80. The number of rotatable bonds is 6. The van der Waals surface area contributed by atoms with E-state index in [4.69, 9.17) is 4.74 Å². The first-order valence-electron chi connectivity index (χ1n) is 8.07. The van der Waals surface area contributed by atoms with Gasteiger partial charge in [-0.1, -0.05) is 18.2 Å². The van der Waals surface area contributed by atoms with Gasteiger partial charge < -0.3 is 15.0 Å². The zero-order valence-corrected chi connectivity index (χ0v) is 13.9. The summed E-state index contributed by atoms with van der Waals surface area (Å²) in [6.07, 6.45) is 0.658. The van der Waals surface area contributed by atoms with E-state index < -0.39 is 4.92 Å². The quantitative estimate of drug-likeness (QED) is 0.496. The molecule has 1 aliphatic heterocycles. The molecule has 0 fully saturated rings. The molecule has 2 aromatic carbocycles. The molecule has 130 valence electrons. The number of hydrogen-bond acceptors (Lipinski definition) is 5. The van der Waals surface area contributed by atoms with Crippen LogP contribution in [0, 0.1) is 17.0 Å². The summed E-state index contributed by atoms with van der Waals surface area (Å²) < 4.78 is 5.41. The van der Waals surface area contributed by atoms with Gasteiger partial charge in [-0.2, -0.15) is 0 Å². The van der Waals surface area contributed by atoms with Gasteiger partial charge in [0.2, 0.25) is 0 Å². The minimum Gasteiger partial charge on any atom is -0.482 e. The van der Waals surface area contributed by atoms with Gasteiger partial charge in [-0.15, -0.1) is 0 Å². The van der Waals surface area contributed by atoms with E-state index >= 15 is 0 Å².